The van der Waals surface area contributed by atoms with Crippen LogP contribution in [0.3, 0.4) is 0 Å². The van der Waals surface area contributed by atoms with E-state index in [9.17, 15) is 0 Å². The number of nitriles is 1. The Morgan fingerprint density at radius 3 is 2.70 bits per heavy atom. The quantitative estimate of drug-likeness (QED) is 0.339. The SMILES string of the molecule is COc1cc(N2CCC(N3CCOCC3)CC2)ccc1Nc1ncc2ccc(-c3cccc(CCC#N)c3)n2n1. The van der Waals surface area contributed by atoms with E-state index >= 15 is 0 Å². The molecule has 6 rings (SSSR count). The number of ether oxygens (including phenoxy) is 2. The molecule has 9 heteroatoms. The van der Waals surface area contributed by atoms with Crippen molar-refractivity contribution in [2.45, 2.75) is 31.7 Å². The molecule has 4 aromatic rings. The highest BCUT2D eigenvalue weighted by Crippen LogP contribution is 2.33. The number of hydrogen-bond acceptors (Lipinski definition) is 8. The van der Waals surface area contributed by atoms with Crippen molar-refractivity contribution in [1.82, 2.24) is 19.5 Å². The van der Waals surface area contributed by atoms with Crippen LogP contribution in [-0.2, 0) is 11.2 Å². The second-order valence-corrected chi connectivity index (χ2v) is 10.4. The first-order valence-corrected chi connectivity index (χ1v) is 14.0. The summed E-state index contributed by atoms with van der Waals surface area (Å²) in [6.45, 7) is 5.87. The minimum absolute atomic E-state index is 0.489. The number of nitrogens with zero attached hydrogens (tertiary/aromatic N) is 6. The van der Waals surface area contributed by atoms with Crippen LogP contribution in [0.2, 0.25) is 0 Å². The third kappa shape index (κ3) is 5.60. The van der Waals surface area contributed by atoms with Gasteiger partial charge in [0.2, 0.25) is 5.95 Å². The Morgan fingerprint density at radius 1 is 1.05 bits per heavy atom. The molecule has 9 nitrogen and oxygen atoms in total. The van der Waals surface area contributed by atoms with Gasteiger partial charge in [0.1, 0.15) is 5.75 Å². The molecule has 1 N–H and O–H groups in total. The summed E-state index contributed by atoms with van der Waals surface area (Å²) in [5, 5.41) is 17.1. The Labute approximate surface area is 234 Å². The summed E-state index contributed by atoms with van der Waals surface area (Å²) in [5.41, 5.74) is 6.06. The number of anilines is 3. The van der Waals surface area contributed by atoms with Crippen LogP contribution in [0.15, 0.2) is 60.8 Å². The molecule has 0 atom stereocenters. The van der Waals surface area contributed by atoms with Crippen LogP contribution in [0.4, 0.5) is 17.3 Å². The van der Waals surface area contributed by atoms with Gasteiger partial charge in [-0.2, -0.15) is 5.26 Å². The van der Waals surface area contributed by atoms with E-state index < -0.39 is 0 Å². The van der Waals surface area contributed by atoms with Gasteiger partial charge in [0.25, 0.3) is 0 Å². The van der Waals surface area contributed by atoms with Crippen molar-refractivity contribution in [2.75, 3.05) is 56.7 Å². The summed E-state index contributed by atoms with van der Waals surface area (Å²) in [7, 11) is 1.70. The van der Waals surface area contributed by atoms with E-state index in [-0.39, 0.29) is 0 Å². The Hall–Kier alpha value is -4.13. The van der Waals surface area contributed by atoms with Gasteiger partial charge in [-0.05, 0) is 55.2 Å². The predicted molar refractivity (Wildman–Crippen MR) is 156 cm³/mol. The van der Waals surface area contributed by atoms with Gasteiger partial charge in [-0.1, -0.05) is 18.2 Å². The lowest BCUT2D eigenvalue weighted by Crippen LogP contribution is -2.49. The topological polar surface area (TPSA) is 91.0 Å². The molecule has 2 aliphatic heterocycles. The lowest BCUT2D eigenvalue weighted by Gasteiger charge is -2.40. The molecule has 0 radical (unpaired) electrons. The van der Waals surface area contributed by atoms with Crippen LogP contribution in [-0.4, -0.2) is 72.0 Å². The monoisotopic (exact) mass is 537 g/mol. The summed E-state index contributed by atoms with van der Waals surface area (Å²) >= 11 is 0. The first-order chi connectivity index (χ1) is 19.7. The fourth-order valence-electron chi connectivity index (χ4n) is 5.80. The molecule has 4 heterocycles. The molecule has 0 amide bonds. The van der Waals surface area contributed by atoms with Crippen molar-refractivity contribution in [3.05, 3.63) is 66.4 Å². The van der Waals surface area contributed by atoms with Crippen LogP contribution in [0.25, 0.3) is 16.8 Å². The summed E-state index contributed by atoms with van der Waals surface area (Å²) in [6, 6.07) is 21.5. The molecule has 40 heavy (non-hydrogen) atoms. The van der Waals surface area contributed by atoms with Crippen molar-refractivity contribution in [1.29, 1.82) is 5.26 Å². The van der Waals surface area contributed by atoms with Gasteiger partial charge < -0.3 is 19.7 Å². The van der Waals surface area contributed by atoms with Crippen molar-refractivity contribution < 1.29 is 9.47 Å². The first kappa shape index (κ1) is 26.1. The van der Waals surface area contributed by atoms with Gasteiger partial charge >= 0.3 is 0 Å². The fraction of sp³-hybridized carbons (Fsp3) is 0.387. The Balaban J connectivity index is 1.18. The number of fused-ring (bicyclic) bond motifs is 1. The number of methoxy groups -OCH3 is 1. The standard InChI is InChI=1S/C31H35N7O2/c1-39-30-21-26(36-14-11-25(12-15-36)37-16-18-40-19-17-37)7-9-28(30)34-31-33-22-27-8-10-29(38(27)35-31)24-6-2-4-23(20-24)5-3-13-32/h2,4,6-10,20-22,25H,3,5,11-12,14-19H2,1H3,(H,34,35). The van der Waals surface area contributed by atoms with E-state index in [0.717, 1.165) is 92.4 Å². The molecule has 0 saturated carbocycles. The molecule has 206 valence electrons. The number of hydrogen-bond donors (Lipinski definition) is 1. The summed E-state index contributed by atoms with van der Waals surface area (Å²) in [5.74, 6) is 1.25. The average molecular weight is 538 g/mol. The zero-order valence-corrected chi connectivity index (χ0v) is 22.9. The Morgan fingerprint density at radius 2 is 1.90 bits per heavy atom. The highest BCUT2D eigenvalue weighted by Gasteiger charge is 2.26. The number of morpholine rings is 1. The summed E-state index contributed by atoms with van der Waals surface area (Å²) in [4.78, 5) is 9.59. The van der Waals surface area contributed by atoms with E-state index in [1.54, 1.807) is 7.11 Å². The number of piperidine rings is 1. The van der Waals surface area contributed by atoms with E-state index in [0.29, 0.717) is 18.4 Å². The third-order valence-electron chi connectivity index (χ3n) is 7.97. The number of rotatable bonds is 8. The van der Waals surface area contributed by atoms with Crippen LogP contribution in [0.5, 0.6) is 5.75 Å². The smallest absolute Gasteiger partial charge is 0.245 e. The largest absolute Gasteiger partial charge is 0.494 e. The Kier molecular flexibility index (Phi) is 7.80. The van der Waals surface area contributed by atoms with Gasteiger partial charge in [0.15, 0.2) is 0 Å². The second kappa shape index (κ2) is 11.9. The molecule has 2 aliphatic rings. The van der Waals surface area contributed by atoms with Gasteiger partial charge in [0, 0.05) is 56.0 Å². The Bertz CT molecular complexity index is 1500. The molecular formula is C31H35N7O2. The van der Waals surface area contributed by atoms with Gasteiger partial charge in [0.05, 0.1) is 49.5 Å². The molecule has 2 fully saturated rings. The lowest BCUT2D eigenvalue weighted by atomic mass is 10.0. The number of aromatic nitrogens is 3. The van der Waals surface area contributed by atoms with Crippen LogP contribution >= 0.6 is 0 Å². The number of nitrogens with one attached hydrogen (secondary N) is 1. The molecule has 0 spiro atoms. The summed E-state index contributed by atoms with van der Waals surface area (Å²) < 4.78 is 13.2. The minimum Gasteiger partial charge on any atom is -0.494 e. The number of aryl methyl sites for hydroxylation is 1. The highest BCUT2D eigenvalue weighted by molar-refractivity contribution is 5.70. The van der Waals surface area contributed by atoms with E-state index in [1.165, 1.54) is 5.69 Å². The highest BCUT2D eigenvalue weighted by atomic mass is 16.5. The van der Waals surface area contributed by atoms with Crippen molar-refractivity contribution >= 4 is 22.8 Å². The van der Waals surface area contributed by atoms with Crippen LogP contribution < -0.4 is 15.0 Å². The van der Waals surface area contributed by atoms with Crippen LogP contribution in [0.1, 0.15) is 24.8 Å². The fourth-order valence-corrected chi connectivity index (χ4v) is 5.80. The van der Waals surface area contributed by atoms with Gasteiger partial charge in [-0.25, -0.2) is 9.50 Å². The molecule has 2 saturated heterocycles. The maximum Gasteiger partial charge on any atom is 0.245 e. The maximum atomic E-state index is 8.95. The molecule has 0 unspecified atom stereocenters. The third-order valence-corrected chi connectivity index (χ3v) is 7.97. The van der Waals surface area contributed by atoms with Crippen molar-refractivity contribution in [3.63, 3.8) is 0 Å². The molecule has 0 bridgehead atoms. The van der Waals surface area contributed by atoms with E-state index in [2.05, 4.69) is 62.6 Å². The maximum absolute atomic E-state index is 8.95. The molecule has 2 aromatic carbocycles. The van der Waals surface area contributed by atoms with Crippen LogP contribution in [0, 0.1) is 11.3 Å². The van der Waals surface area contributed by atoms with E-state index in [4.69, 9.17) is 19.8 Å². The first-order valence-electron chi connectivity index (χ1n) is 14.0. The van der Waals surface area contributed by atoms with Gasteiger partial charge in [-0.3, -0.25) is 4.90 Å². The van der Waals surface area contributed by atoms with Gasteiger partial charge in [-0.15, -0.1) is 5.10 Å². The lowest BCUT2D eigenvalue weighted by molar-refractivity contribution is 0.0115. The molecular weight excluding hydrogens is 502 g/mol. The zero-order chi connectivity index (χ0) is 27.3. The van der Waals surface area contributed by atoms with Crippen molar-refractivity contribution in [2.24, 2.45) is 0 Å². The number of benzene rings is 2. The normalized spacial score (nSPS) is 16.6. The molecule has 0 aliphatic carbocycles. The van der Waals surface area contributed by atoms with E-state index in [1.807, 2.05) is 28.9 Å². The average Bonchev–Trinajstić information content (AvgIpc) is 3.44. The zero-order valence-electron chi connectivity index (χ0n) is 22.9. The second-order valence-electron chi connectivity index (χ2n) is 10.4. The molecule has 2 aromatic heterocycles. The summed E-state index contributed by atoms with van der Waals surface area (Å²) in [6.07, 6.45) is 5.38. The predicted octanol–water partition coefficient (Wildman–Crippen LogP) is 4.91. The van der Waals surface area contributed by atoms with Crippen molar-refractivity contribution in [3.8, 4) is 23.1 Å². The minimum atomic E-state index is 0.489.